The standard InChI is InChI=1S/C25H28F5NO2/c1-22(2,3)33-21(32)31-14-20(23(4,15-31)17-10-12-19(26)13-11-17)16-6-8-18(9-7-16)24(5,27)25(28,29)30/h6-13,20H,14-15H2,1-5H3/t20-,23+,24?/m0/s1. The van der Waals surface area contributed by atoms with E-state index in [1.165, 1.54) is 24.3 Å². The fourth-order valence-electron chi connectivity index (χ4n) is 4.25. The zero-order valence-corrected chi connectivity index (χ0v) is 19.3. The SMILES string of the molecule is CC(C)(C)OC(=O)N1C[C@@H](c2ccc(C(C)(F)C(F)(F)F)cc2)[C@@](C)(c2ccc(F)cc2)C1. The molecule has 0 aliphatic carbocycles. The molecular formula is C25H28F5NO2. The van der Waals surface area contributed by atoms with E-state index in [1.54, 1.807) is 37.8 Å². The van der Waals surface area contributed by atoms with Crippen LogP contribution in [0.25, 0.3) is 0 Å². The molecule has 1 amide bonds. The summed E-state index contributed by atoms with van der Waals surface area (Å²) in [5, 5.41) is 0. The second-order valence-electron chi connectivity index (χ2n) is 9.96. The Morgan fingerprint density at radius 3 is 2.00 bits per heavy atom. The van der Waals surface area contributed by atoms with Crippen molar-refractivity contribution >= 4 is 6.09 Å². The number of benzene rings is 2. The van der Waals surface area contributed by atoms with Gasteiger partial charge in [0.15, 0.2) is 0 Å². The van der Waals surface area contributed by atoms with Crippen molar-refractivity contribution in [1.29, 1.82) is 0 Å². The van der Waals surface area contributed by atoms with Gasteiger partial charge in [-0.15, -0.1) is 0 Å². The second-order valence-corrected chi connectivity index (χ2v) is 9.96. The van der Waals surface area contributed by atoms with E-state index >= 15 is 0 Å². The number of carbonyl (C=O) groups is 1. The molecule has 3 nitrogen and oxygen atoms in total. The van der Waals surface area contributed by atoms with Crippen LogP contribution in [-0.2, 0) is 15.8 Å². The highest BCUT2D eigenvalue weighted by Gasteiger charge is 2.53. The van der Waals surface area contributed by atoms with Crippen molar-refractivity contribution in [2.45, 2.75) is 63.4 Å². The van der Waals surface area contributed by atoms with E-state index in [9.17, 15) is 26.7 Å². The monoisotopic (exact) mass is 469 g/mol. The molecule has 33 heavy (non-hydrogen) atoms. The van der Waals surface area contributed by atoms with Crippen LogP contribution in [0.5, 0.6) is 0 Å². The zero-order chi connectivity index (χ0) is 24.8. The Hall–Kier alpha value is -2.64. The number of hydrogen-bond acceptors (Lipinski definition) is 2. The average Bonchev–Trinajstić information content (AvgIpc) is 3.05. The zero-order valence-electron chi connectivity index (χ0n) is 19.3. The summed E-state index contributed by atoms with van der Waals surface area (Å²) in [6.07, 6.45) is -5.55. The summed E-state index contributed by atoms with van der Waals surface area (Å²) >= 11 is 0. The van der Waals surface area contributed by atoms with Gasteiger partial charge in [-0.2, -0.15) is 13.2 Å². The van der Waals surface area contributed by atoms with Crippen LogP contribution in [-0.4, -0.2) is 35.9 Å². The van der Waals surface area contributed by atoms with Crippen molar-refractivity contribution in [3.63, 3.8) is 0 Å². The maximum Gasteiger partial charge on any atom is 0.426 e. The van der Waals surface area contributed by atoms with Gasteiger partial charge in [-0.25, -0.2) is 13.6 Å². The van der Waals surface area contributed by atoms with Gasteiger partial charge in [-0.05, 0) is 56.5 Å². The molecule has 3 atom stereocenters. The van der Waals surface area contributed by atoms with Crippen LogP contribution in [0.3, 0.4) is 0 Å². The normalized spacial score (nSPS) is 23.3. The quantitative estimate of drug-likeness (QED) is 0.460. The van der Waals surface area contributed by atoms with Crippen molar-refractivity contribution in [1.82, 2.24) is 4.90 Å². The minimum absolute atomic E-state index is 0.244. The van der Waals surface area contributed by atoms with Gasteiger partial charge in [0.2, 0.25) is 5.67 Å². The van der Waals surface area contributed by atoms with Crippen LogP contribution in [0, 0.1) is 5.82 Å². The number of halogens is 5. The Morgan fingerprint density at radius 1 is 0.970 bits per heavy atom. The highest BCUT2D eigenvalue weighted by Crippen LogP contribution is 2.47. The molecule has 1 unspecified atom stereocenters. The van der Waals surface area contributed by atoms with Crippen molar-refractivity contribution in [3.05, 3.63) is 71.0 Å². The first-order valence-electron chi connectivity index (χ1n) is 10.6. The van der Waals surface area contributed by atoms with Crippen molar-refractivity contribution in [2.24, 2.45) is 0 Å². The number of carbonyl (C=O) groups excluding carboxylic acids is 1. The van der Waals surface area contributed by atoms with Gasteiger partial charge in [-0.3, -0.25) is 0 Å². The van der Waals surface area contributed by atoms with Crippen LogP contribution in [0.4, 0.5) is 26.7 Å². The van der Waals surface area contributed by atoms with Gasteiger partial charge < -0.3 is 9.64 Å². The highest BCUT2D eigenvalue weighted by molar-refractivity contribution is 5.69. The van der Waals surface area contributed by atoms with Crippen LogP contribution in [0.1, 0.15) is 57.2 Å². The number of nitrogens with zero attached hydrogens (tertiary/aromatic N) is 1. The van der Waals surface area contributed by atoms with Gasteiger partial charge in [0.25, 0.3) is 0 Å². The molecule has 1 saturated heterocycles. The third-order valence-electron chi connectivity index (χ3n) is 6.23. The Labute approximate surface area is 190 Å². The Bertz CT molecular complexity index is 993. The molecule has 1 aliphatic rings. The molecule has 0 aromatic heterocycles. The van der Waals surface area contributed by atoms with Gasteiger partial charge in [0.1, 0.15) is 11.4 Å². The summed E-state index contributed by atoms with van der Waals surface area (Å²) in [4.78, 5) is 14.3. The minimum Gasteiger partial charge on any atom is -0.444 e. The number of likely N-dealkylation sites (tertiary alicyclic amines) is 1. The lowest BCUT2D eigenvalue weighted by atomic mass is 9.71. The molecule has 2 aromatic carbocycles. The van der Waals surface area contributed by atoms with E-state index in [0.29, 0.717) is 12.5 Å². The van der Waals surface area contributed by atoms with Gasteiger partial charge >= 0.3 is 12.3 Å². The minimum atomic E-state index is -5.04. The number of alkyl halides is 4. The predicted octanol–water partition coefficient (Wildman–Crippen LogP) is 6.86. The maximum absolute atomic E-state index is 14.4. The summed E-state index contributed by atoms with van der Waals surface area (Å²) in [5.41, 5.74) is -3.93. The Balaban J connectivity index is 1.99. The summed E-state index contributed by atoms with van der Waals surface area (Å²) in [7, 11) is 0. The molecule has 1 fully saturated rings. The molecule has 1 aliphatic heterocycles. The van der Waals surface area contributed by atoms with Gasteiger partial charge in [-0.1, -0.05) is 43.3 Å². The first-order chi connectivity index (χ1) is 15.0. The third-order valence-corrected chi connectivity index (χ3v) is 6.23. The molecular weight excluding hydrogens is 441 g/mol. The second kappa shape index (κ2) is 8.29. The molecule has 0 N–H and O–H groups in total. The third kappa shape index (κ3) is 4.99. The molecule has 2 aromatic rings. The number of rotatable bonds is 3. The number of ether oxygens (including phenoxy) is 1. The van der Waals surface area contributed by atoms with E-state index < -0.39 is 40.3 Å². The molecule has 0 radical (unpaired) electrons. The van der Waals surface area contributed by atoms with E-state index in [0.717, 1.165) is 17.7 Å². The molecule has 0 bridgehead atoms. The summed E-state index contributed by atoms with van der Waals surface area (Å²) in [6.45, 7) is 8.18. The number of amides is 1. The Kier molecular flexibility index (Phi) is 6.28. The molecule has 8 heteroatoms. The molecule has 0 saturated carbocycles. The number of hydrogen-bond donors (Lipinski definition) is 0. The summed E-state index contributed by atoms with van der Waals surface area (Å²) < 4.78 is 72.8. The molecule has 0 spiro atoms. The summed E-state index contributed by atoms with van der Waals surface area (Å²) in [5.74, 6) is -0.735. The molecule has 1 heterocycles. The fourth-order valence-corrected chi connectivity index (χ4v) is 4.25. The highest BCUT2D eigenvalue weighted by atomic mass is 19.4. The van der Waals surface area contributed by atoms with Crippen LogP contribution < -0.4 is 0 Å². The van der Waals surface area contributed by atoms with Crippen LogP contribution in [0.2, 0.25) is 0 Å². The van der Waals surface area contributed by atoms with E-state index in [4.69, 9.17) is 4.74 Å². The lowest BCUT2D eigenvalue weighted by Gasteiger charge is -2.32. The van der Waals surface area contributed by atoms with E-state index in [2.05, 4.69) is 0 Å². The predicted molar refractivity (Wildman–Crippen MR) is 115 cm³/mol. The molecule has 180 valence electrons. The molecule has 3 rings (SSSR count). The van der Waals surface area contributed by atoms with Crippen molar-refractivity contribution < 1.29 is 31.5 Å². The van der Waals surface area contributed by atoms with Crippen LogP contribution >= 0.6 is 0 Å². The average molecular weight is 469 g/mol. The maximum atomic E-state index is 14.4. The first-order valence-corrected chi connectivity index (χ1v) is 10.6. The fraction of sp³-hybridized carbons (Fsp3) is 0.480. The Morgan fingerprint density at radius 2 is 1.52 bits per heavy atom. The lowest BCUT2D eigenvalue weighted by Crippen LogP contribution is -2.37. The smallest absolute Gasteiger partial charge is 0.426 e. The van der Waals surface area contributed by atoms with E-state index in [-0.39, 0.29) is 19.0 Å². The topological polar surface area (TPSA) is 29.5 Å². The van der Waals surface area contributed by atoms with Crippen LogP contribution in [0.15, 0.2) is 48.5 Å². The lowest BCUT2D eigenvalue weighted by molar-refractivity contribution is -0.228. The van der Waals surface area contributed by atoms with Gasteiger partial charge in [0, 0.05) is 24.4 Å². The first kappa shape index (κ1) is 25.0. The van der Waals surface area contributed by atoms with Crippen molar-refractivity contribution in [2.75, 3.05) is 13.1 Å². The van der Waals surface area contributed by atoms with Gasteiger partial charge in [0.05, 0.1) is 0 Å². The summed E-state index contributed by atoms with van der Waals surface area (Å²) in [6, 6.07) is 11.1. The largest absolute Gasteiger partial charge is 0.444 e. The van der Waals surface area contributed by atoms with Crippen molar-refractivity contribution in [3.8, 4) is 0 Å². The van der Waals surface area contributed by atoms with E-state index in [1.807, 2.05) is 6.92 Å².